The molecule has 0 fully saturated rings. The number of rotatable bonds is 4. The van der Waals surface area contributed by atoms with Gasteiger partial charge in [-0.1, -0.05) is 0 Å². The maximum atomic E-state index is 10.6. The molecule has 0 spiro atoms. The van der Waals surface area contributed by atoms with E-state index in [9.17, 15) is 15.2 Å². The maximum Gasteiger partial charge on any atom is 0.273 e. The Bertz CT molecular complexity index is 399. The van der Waals surface area contributed by atoms with E-state index < -0.39 is 10.5 Å². The molecule has 0 aliphatic carbocycles. The molecule has 1 rings (SSSR count). The van der Waals surface area contributed by atoms with Gasteiger partial charge in [-0.05, 0) is 19.9 Å². The molecule has 0 saturated heterocycles. The van der Waals surface area contributed by atoms with E-state index in [-0.39, 0.29) is 12.2 Å². The molecule has 0 aliphatic heterocycles. The van der Waals surface area contributed by atoms with Crippen LogP contribution >= 0.6 is 0 Å². The third-order valence-electron chi connectivity index (χ3n) is 1.88. The number of anilines is 2. The number of nitrogens with two attached hydrogens (primary N) is 1. The summed E-state index contributed by atoms with van der Waals surface area (Å²) in [6, 6.07) is 4.25. The van der Waals surface area contributed by atoms with Crippen LogP contribution in [0.2, 0.25) is 0 Å². The molecule has 16 heavy (non-hydrogen) atoms. The van der Waals surface area contributed by atoms with Gasteiger partial charge in [0.05, 0.1) is 10.5 Å². The number of non-ortho nitro benzene ring substituents is 1. The van der Waals surface area contributed by atoms with E-state index in [2.05, 4.69) is 5.32 Å². The van der Waals surface area contributed by atoms with Crippen molar-refractivity contribution in [1.82, 2.24) is 0 Å². The smallest absolute Gasteiger partial charge is 0.273 e. The summed E-state index contributed by atoms with van der Waals surface area (Å²) < 4.78 is 0. The van der Waals surface area contributed by atoms with Gasteiger partial charge in [-0.25, -0.2) is 0 Å². The second-order valence-electron chi connectivity index (χ2n) is 4.24. The van der Waals surface area contributed by atoms with E-state index in [1.807, 2.05) is 0 Å². The highest BCUT2D eigenvalue weighted by Gasteiger charge is 2.13. The van der Waals surface area contributed by atoms with Crippen LogP contribution in [0.25, 0.3) is 0 Å². The van der Waals surface area contributed by atoms with Gasteiger partial charge >= 0.3 is 0 Å². The van der Waals surface area contributed by atoms with Gasteiger partial charge in [0.25, 0.3) is 5.69 Å². The normalized spacial score (nSPS) is 11.2. The van der Waals surface area contributed by atoms with Crippen molar-refractivity contribution in [3.05, 3.63) is 28.3 Å². The van der Waals surface area contributed by atoms with Crippen LogP contribution in [0.4, 0.5) is 17.1 Å². The van der Waals surface area contributed by atoms with Gasteiger partial charge in [0, 0.05) is 30.1 Å². The Balaban J connectivity index is 2.85. The number of hydrogen-bond acceptors (Lipinski definition) is 5. The predicted molar refractivity (Wildman–Crippen MR) is 62.3 cm³/mol. The average molecular weight is 225 g/mol. The maximum absolute atomic E-state index is 10.6. The SMILES string of the molecule is CC(C)(O)CNc1cc(N)cc([N+](=O)[O-])c1. The largest absolute Gasteiger partial charge is 0.398 e. The van der Waals surface area contributed by atoms with Gasteiger partial charge < -0.3 is 16.2 Å². The topological polar surface area (TPSA) is 101 Å². The summed E-state index contributed by atoms with van der Waals surface area (Å²) in [4.78, 5) is 10.1. The van der Waals surface area contributed by atoms with Crippen LogP contribution in [0, 0.1) is 10.1 Å². The van der Waals surface area contributed by atoms with Crippen molar-refractivity contribution in [2.24, 2.45) is 0 Å². The van der Waals surface area contributed by atoms with Crippen LogP contribution < -0.4 is 11.1 Å². The molecule has 1 aromatic carbocycles. The van der Waals surface area contributed by atoms with E-state index in [0.717, 1.165) is 0 Å². The van der Waals surface area contributed by atoms with Crippen molar-refractivity contribution < 1.29 is 10.0 Å². The number of nitrogens with zero attached hydrogens (tertiary/aromatic N) is 1. The first-order valence-electron chi connectivity index (χ1n) is 4.79. The minimum Gasteiger partial charge on any atom is -0.398 e. The van der Waals surface area contributed by atoms with Gasteiger partial charge in [0.15, 0.2) is 0 Å². The van der Waals surface area contributed by atoms with Crippen LogP contribution in [0.1, 0.15) is 13.8 Å². The summed E-state index contributed by atoms with van der Waals surface area (Å²) in [5.74, 6) is 0. The van der Waals surface area contributed by atoms with Gasteiger partial charge in [0.1, 0.15) is 0 Å². The number of nitro groups is 1. The van der Waals surface area contributed by atoms with Gasteiger partial charge in [-0.2, -0.15) is 0 Å². The van der Waals surface area contributed by atoms with Crippen molar-refractivity contribution in [1.29, 1.82) is 0 Å². The Morgan fingerprint density at radius 2 is 2.12 bits per heavy atom. The second kappa shape index (κ2) is 4.36. The van der Waals surface area contributed by atoms with Gasteiger partial charge in [-0.15, -0.1) is 0 Å². The van der Waals surface area contributed by atoms with E-state index in [4.69, 9.17) is 5.73 Å². The summed E-state index contributed by atoms with van der Waals surface area (Å²) in [6.07, 6.45) is 0. The molecule has 88 valence electrons. The number of benzene rings is 1. The lowest BCUT2D eigenvalue weighted by molar-refractivity contribution is -0.384. The Hall–Kier alpha value is -1.82. The van der Waals surface area contributed by atoms with Crippen LogP contribution in [0.3, 0.4) is 0 Å². The van der Waals surface area contributed by atoms with Crippen LogP contribution in [0.5, 0.6) is 0 Å². The molecule has 0 atom stereocenters. The highest BCUT2D eigenvalue weighted by Crippen LogP contribution is 2.22. The zero-order valence-corrected chi connectivity index (χ0v) is 9.23. The van der Waals surface area contributed by atoms with Crippen molar-refractivity contribution in [2.45, 2.75) is 19.4 Å². The summed E-state index contributed by atoms with van der Waals surface area (Å²) in [7, 11) is 0. The molecule has 1 aromatic rings. The fourth-order valence-electron chi connectivity index (χ4n) is 1.16. The minimum absolute atomic E-state index is 0.0711. The summed E-state index contributed by atoms with van der Waals surface area (Å²) >= 11 is 0. The molecule has 0 radical (unpaired) electrons. The number of hydrogen-bond donors (Lipinski definition) is 3. The number of nitrogen functional groups attached to an aromatic ring is 1. The first kappa shape index (κ1) is 12.3. The Labute approximate surface area is 93.2 Å². The third kappa shape index (κ3) is 3.74. The highest BCUT2D eigenvalue weighted by molar-refractivity contribution is 5.61. The fourth-order valence-corrected chi connectivity index (χ4v) is 1.16. The molecular formula is C10H15N3O3. The van der Waals surface area contributed by atoms with Gasteiger partial charge in [-0.3, -0.25) is 10.1 Å². The number of aliphatic hydroxyl groups is 1. The second-order valence-corrected chi connectivity index (χ2v) is 4.24. The lowest BCUT2D eigenvalue weighted by Crippen LogP contribution is -2.29. The minimum atomic E-state index is -0.890. The summed E-state index contributed by atoms with van der Waals surface area (Å²) in [6.45, 7) is 3.56. The first-order chi connectivity index (χ1) is 7.28. The van der Waals surface area contributed by atoms with Crippen LogP contribution in [-0.2, 0) is 0 Å². The van der Waals surface area contributed by atoms with E-state index >= 15 is 0 Å². The molecule has 0 bridgehead atoms. The Kier molecular flexibility index (Phi) is 3.34. The van der Waals surface area contributed by atoms with Crippen molar-refractivity contribution in [2.75, 3.05) is 17.6 Å². The third-order valence-corrected chi connectivity index (χ3v) is 1.88. The van der Waals surface area contributed by atoms with Crippen LogP contribution in [0.15, 0.2) is 18.2 Å². The zero-order chi connectivity index (χ0) is 12.3. The Morgan fingerprint density at radius 1 is 1.50 bits per heavy atom. The van der Waals surface area contributed by atoms with Crippen molar-refractivity contribution in [3.8, 4) is 0 Å². The fraction of sp³-hybridized carbons (Fsp3) is 0.400. The molecule has 0 amide bonds. The van der Waals surface area contributed by atoms with Crippen molar-refractivity contribution >= 4 is 17.1 Å². The molecule has 0 saturated carbocycles. The highest BCUT2D eigenvalue weighted by atomic mass is 16.6. The zero-order valence-electron chi connectivity index (χ0n) is 9.23. The molecule has 0 heterocycles. The standard InChI is InChI=1S/C10H15N3O3/c1-10(2,14)6-12-8-3-7(11)4-9(5-8)13(15)16/h3-5,12,14H,6,11H2,1-2H3. The van der Waals surface area contributed by atoms with Crippen LogP contribution in [-0.4, -0.2) is 22.2 Å². The summed E-state index contributed by atoms with van der Waals surface area (Å²) in [5.41, 5.74) is 5.40. The first-order valence-corrected chi connectivity index (χ1v) is 4.79. The van der Waals surface area contributed by atoms with Crippen molar-refractivity contribution in [3.63, 3.8) is 0 Å². The molecule has 4 N–H and O–H groups in total. The monoisotopic (exact) mass is 225 g/mol. The number of nitro benzene ring substituents is 1. The predicted octanol–water partition coefficient (Wildman–Crippen LogP) is 1.36. The summed E-state index contributed by atoms with van der Waals surface area (Å²) in [5, 5.41) is 23.0. The lowest BCUT2D eigenvalue weighted by atomic mass is 10.1. The van der Waals surface area contributed by atoms with E-state index in [1.54, 1.807) is 19.9 Å². The van der Waals surface area contributed by atoms with E-state index in [0.29, 0.717) is 11.4 Å². The Morgan fingerprint density at radius 3 is 2.62 bits per heavy atom. The average Bonchev–Trinajstić information content (AvgIpc) is 2.13. The molecule has 6 nitrogen and oxygen atoms in total. The van der Waals surface area contributed by atoms with Gasteiger partial charge in [0.2, 0.25) is 0 Å². The quantitative estimate of drug-likeness (QED) is 0.408. The molecule has 0 unspecified atom stereocenters. The molecular weight excluding hydrogens is 210 g/mol. The molecule has 6 heteroatoms. The lowest BCUT2D eigenvalue weighted by Gasteiger charge is -2.18. The molecule has 0 aromatic heterocycles. The molecule has 0 aliphatic rings. The van der Waals surface area contributed by atoms with E-state index in [1.165, 1.54) is 12.1 Å². The number of nitrogens with one attached hydrogen (secondary N) is 1.